The average Bonchev–Trinajstić information content (AvgIpc) is 2.40. The Morgan fingerprint density at radius 1 is 1.16 bits per heavy atom. The third-order valence-corrected chi connectivity index (χ3v) is 3.41. The maximum absolute atomic E-state index is 6.03. The Bertz CT molecular complexity index is 407. The molecular weight excluding hydrogens is 240 g/mol. The fourth-order valence-electron chi connectivity index (χ4n) is 2.11. The standard InChI is InChI=1S/C15H26N2O2/c1-6-10(2)7-11(3)17-13-9-15(19-5)14(18-4)8-12(13)16/h8-11,17H,6-7,16H2,1-5H3. The number of nitrogens with two attached hydrogens (primary N) is 1. The highest BCUT2D eigenvalue weighted by atomic mass is 16.5. The van der Waals surface area contributed by atoms with Gasteiger partial charge in [-0.1, -0.05) is 20.3 Å². The Morgan fingerprint density at radius 3 is 2.26 bits per heavy atom. The van der Waals surface area contributed by atoms with Crippen LogP contribution in [0.3, 0.4) is 0 Å². The molecule has 0 heterocycles. The number of nitrogen functional groups attached to an aromatic ring is 1. The maximum Gasteiger partial charge on any atom is 0.162 e. The van der Waals surface area contributed by atoms with E-state index in [1.54, 1.807) is 20.3 Å². The molecule has 0 aliphatic heterocycles. The number of rotatable bonds is 7. The molecule has 0 aliphatic rings. The molecule has 0 aliphatic carbocycles. The van der Waals surface area contributed by atoms with Crippen molar-refractivity contribution in [1.29, 1.82) is 0 Å². The summed E-state index contributed by atoms with van der Waals surface area (Å²) in [5, 5.41) is 3.44. The number of hydrogen-bond acceptors (Lipinski definition) is 4. The van der Waals surface area contributed by atoms with Gasteiger partial charge in [-0.2, -0.15) is 0 Å². The fraction of sp³-hybridized carbons (Fsp3) is 0.600. The first-order valence-corrected chi connectivity index (χ1v) is 6.79. The first-order chi connectivity index (χ1) is 9.01. The molecule has 0 saturated carbocycles. The van der Waals surface area contributed by atoms with Gasteiger partial charge in [-0.15, -0.1) is 0 Å². The molecule has 0 radical (unpaired) electrons. The summed E-state index contributed by atoms with van der Waals surface area (Å²) in [5.41, 5.74) is 7.61. The van der Waals surface area contributed by atoms with Crippen molar-refractivity contribution >= 4 is 11.4 Å². The van der Waals surface area contributed by atoms with E-state index in [2.05, 4.69) is 26.1 Å². The van der Waals surface area contributed by atoms with E-state index in [0.29, 0.717) is 29.1 Å². The van der Waals surface area contributed by atoms with Crippen LogP contribution in [0.25, 0.3) is 0 Å². The van der Waals surface area contributed by atoms with E-state index in [1.165, 1.54) is 6.42 Å². The normalized spacial score (nSPS) is 13.7. The topological polar surface area (TPSA) is 56.5 Å². The van der Waals surface area contributed by atoms with E-state index in [1.807, 2.05) is 6.07 Å². The predicted octanol–water partition coefficient (Wildman–Crippen LogP) is 3.52. The van der Waals surface area contributed by atoms with E-state index < -0.39 is 0 Å². The van der Waals surface area contributed by atoms with E-state index in [4.69, 9.17) is 15.2 Å². The van der Waals surface area contributed by atoms with Crippen LogP contribution in [-0.4, -0.2) is 20.3 Å². The summed E-state index contributed by atoms with van der Waals surface area (Å²) in [7, 11) is 3.23. The van der Waals surface area contributed by atoms with Crippen LogP contribution in [0.2, 0.25) is 0 Å². The second-order valence-electron chi connectivity index (χ2n) is 5.09. The van der Waals surface area contributed by atoms with Crippen molar-refractivity contribution in [1.82, 2.24) is 0 Å². The minimum Gasteiger partial charge on any atom is -0.493 e. The average molecular weight is 266 g/mol. The maximum atomic E-state index is 6.03. The number of nitrogens with one attached hydrogen (secondary N) is 1. The number of benzene rings is 1. The zero-order valence-corrected chi connectivity index (χ0v) is 12.6. The molecule has 1 rings (SSSR count). The first-order valence-electron chi connectivity index (χ1n) is 6.79. The number of methoxy groups -OCH3 is 2. The lowest BCUT2D eigenvalue weighted by atomic mass is 10.00. The third-order valence-electron chi connectivity index (χ3n) is 3.41. The molecular formula is C15H26N2O2. The Hall–Kier alpha value is -1.58. The Labute approximate surface area is 116 Å². The molecule has 2 unspecified atom stereocenters. The zero-order chi connectivity index (χ0) is 14.4. The van der Waals surface area contributed by atoms with Gasteiger partial charge in [-0.05, 0) is 19.3 Å². The van der Waals surface area contributed by atoms with Crippen molar-refractivity contribution in [3.63, 3.8) is 0 Å². The summed E-state index contributed by atoms with van der Waals surface area (Å²) in [6.07, 6.45) is 2.30. The number of ether oxygens (including phenoxy) is 2. The van der Waals surface area contributed by atoms with Crippen molar-refractivity contribution < 1.29 is 9.47 Å². The van der Waals surface area contributed by atoms with Gasteiger partial charge in [0.1, 0.15) is 0 Å². The van der Waals surface area contributed by atoms with Crippen LogP contribution in [0.4, 0.5) is 11.4 Å². The minimum absolute atomic E-state index is 0.371. The highest BCUT2D eigenvalue weighted by Gasteiger charge is 2.12. The van der Waals surface area contributed by atoms with Gasteiger partial charge in [-0.25, -0.2) is 0 Å². The fourth-order valence-corrected chi connectivity index (χ4v) is 2.11. The van der Waals surface area contributed by atoms with Crippen LogP contribution in [0, 0.1) is 5.92 Å². The predicted molar refractivity (Wildman–Crippen MR) is 81.1 cm³/mol. The van der Waals surface area contributed by atoms with E-state index in [-0.39, 0.29) is 0 Å². The van der Waals surface area contributed by atoms with Gasteiger partial charge in [0.25, 0.3) is 0 Å². The second kappa shape index (κ2) is 7.12. The summed E-state index contributed by atoms with van der Waals surface area (Å²) in [6.45, 7) is 6.64. The van der Waals surface area contributed by atoms with Crippen LogP contribution in [-0.2, 0) is 0 Å². The Kier molecular flexibility index (Phi) is 5.80. The van der Waals surface area contributed by atoms with Crippen molar-refractivity contribution in [2.24, 2.45) is 5.92 Å². The quantitative estimate of drug-likeness (QED) is 0.741. The minimum atomic E-state index is 0.371. The molecule has 1 aromatic rings. The smallest absolute Gasteiger partial charge is 0.162 e. The van der Waals surface area contributed by atoms with Gasteiger partial charge in [-0.3, -0.25) is 0 Å². The lowest BCUT2D eigenvalue weighted by Gasteiger charge is -2.21. The Balaban J connectivity index is 2.83. The van der Waals surface area contributed by atoms with Gasteiger partial charge in [0.05, 0.1) is 25.6 Å². The summed E-state index contributed by atoms with van der Waals surface area (Å²) in [4.78, 5) is 0. The molecule has 1 aromatic carbocycles. The molecule has 0 amide bonds. The van der Waals surface area contributed by atoms with Crippen molar-refractivity contribution in [2.75, 3.05) is 25.3 Å². The Morgan fingerprint density at radius 2 is 1.74 bits per heavy atom. The highest BCUT2D eigenvalue weighted by molar-refractivity contribution is 5.72. The van der Waals surface area contributed by atoms with Gasteiger partial charge >= 0.3 is 0 Å². The number of anilines is 2. The molecule has 0 bridgehead atoms. The summed E-state index contributed by atoms with van der Waals surface area (Å²) < 4.78 is 10.5. The van der Waals surface area contributed by atoms with E-state index >= 15 is 0 Å². The highest BCUT2D eigenvalue weighted by Crippen LogP contribution is 2.35. The van der Waals surface area contributed by atoms with E-state index in [0.717, 1.165) is 12.1 Å². The molecule has 2 atom stereocenters. The molecule has 0 aromatic heterocycles. The lowest BCUT2D eigenvalue weighted by Crippen LogP contribution is -2.19. The van der Waals surface area contributed by atoms with E-state index in [9.17, 15) is 0 Å². The molecule has 0 fully saturated rings. The molecule has 4 heteroatoms. The van der Waals surface area contributed by atoms with Gasteiger partial charge in [0, 0.05) is 18.2 Å². The largest absolute Gasteiger partial charge is 0.493 e. The molecule has 0 spiro atoms. The van der Waals surface area contributed by atoms with Crippen molar-refractivity contribution in [2.45, 2.75) is 39.7 Å². The second-order valence-corrected chi connectivity index (χ2v) is 5.09. The molecule has 4 nitrogen and oxygen atoms in total. The first kappa shape index (κ1) is 15.5. The van der Waals surface area contributed by atoms with Crippen molar-refractivity contribution in [3.8, 4) is 11.5 Å². The monoisotopic (exact) mass is 266 g/mol. The van der Waals surface area contributed by atoms with Crippen LogP contribution in [0.1, 0.15) is 33.6 Å². The van der Waals surface area contributed by atoms with Gasteiger partial charge in [0.2, 0.25) is 0 Å². The summed E-state index contributed by atoms with van der Waals surface area (Å²) in [5.74, 6) is 2.04. The van der Waals surface area contributed by atoms with Gasteiger partial charge in [0.15, 0.2) is 11.5 Å². The summed E-state index contributed by atoms with van der Waals surface area (Å²) >= 11 is 0. The number of hydrogen-bond donors (Lipinski definition) is 2. The van der Waals surface area contributed by atoms with Crippen LogP contribution >= 0.6 is 0 Å². The molecule has 19 heavy (non-hydrogen) atoms. The van der Waals surface area contributed by atoms with Gasteiger partial charge < -0.3 is 20.5 Å². The third kappa shape index (κ3) is 4.23. The van der Waals surface area contributed by atoms with Crippen LogP contribution < -0.4 is 20.5 Å². The summed E-state index contributed by atoms with van der Waals surface area (Å²) in [6, 6.07) is 4.05. The molecule has 3 N–H and O–H groups in total. The zero-order valence-electron chi connectivity index (χ0n) is 12.6. The van der Waals surface area contributed by atoms with Crippen LogP contribution in [0.15, 0.2) is 12.1 Å². The van der Waals surface area contributed by atoms with Crippen LogP contribution in [0.5, 0.6) is 11.5 Å². The SMILES string of the molecule is CCC(C)CC(C)Nc1cc(OC)c(OC)cc1N. The lowest BCUT2D eigenvalue weighted by molar-refractivity contribution is 0.355. The molecule has 108 valence electrons. The van der Waals surface area contributed by atoms with Crippen molar-refractivity contribution in [3.05, 3.63) is 12.1 Å². The molecule has 0 saturated heterocycles.